The Morgan fingerprint density at radius 3 is 2.48 bits per heavy atom. The zero-order valence-corrected chi connectivity index (χ0v) is 17.1. The molecule has 0 fully saturated rings. The van der Waals surface area contributed by atoms with Gasteiger partial charge in [0.05, 0.1) is 6.42 Å². The Hall–Kier alpha value is -2.21. The molecular weight excluding hydrogens is 411 g/mol. The zero-order chi connectivity index (χ0) is 19.8. The lowest BCUT2D eigenvalue weighted by Gasteiger charge is -2.29. The number of nitrogens with zero attached hydrogens (tertiary/aromatic N) is 1. The van der Waals surface area contributed by atoms with E-state index < -0.39 is 6.04 Å². The summed E-state index contributed by atoms with van der Waals surface area (Å²) in [7, 11) is 0. The molecule has 0 heterocycles. The number of carbonyl (C=O) groups excluding carboxylic acids is 2. The van der Waals surface area contributed by atoms with Crippen LogP contribution < -0.4 is 5.32 Å². The SMILES string of the molecule is CCCNC(=O)[C@H](C)N(Cc1cccc(Br)c1)C(=O)Cc1ccc(F)cc1. The van der Waals surface area contributed by atoms with Gasteiger partial charge in [0.25, 0.3) is 0 Å². The van der Waals surface area contributed by atoms with Crippen LogP contribution in [0.15, 0.2) is 53.0 Å². The fourth-order valence-electron chi connectivity index (χ4n) is 2.69. The van der Waals surface area contributed by atoms with Crippen molar-refractivity contribution in [2.45, 2.75) is 39.3 Å². The van der Waals surface area contributed by atoms with Crippen molar-refractivity contribution in [2.24, 2.45) is 0 Å². The van der Waals surface area contributed by atoms with Crippen LogP contribution in [0.2, 0.25) is 0 Å². The largest absolute Gasteiger partial charge is 0.354 e. The van der Waals surface area contributed by atoms with Crippen molar-refractivity contribution in [3.05, 3.63) is 69.9 Å². The van der Waals surface area contributed by atoms with Gasteiger partial charge in [-0.2, -0.15) is 0 Å². The maximum atomic E-state index is 13.1. The molecule has 0 aliphatic rings. The van der Waals surface area contributed by atoms with Crippen molar-refractivity contribution in [3.63, 3.8) is 0 Å². The first-order valence-corrected chi connectivity index (χ1v) is 9.76. The predicted octanol–water partition coefficient (Wildman–Crippen LogP) is 4.07. The number of benzene rings is 2. The smallest absolute Gasteiger partial charge is 0.242 e. The molecule has 2 aromatic carbocycles. The Kier molecular flexibility index (Phi) is 7.98. The fraction of sp³-hybridized carbons (Fsp3) is 0.333. The van der Waals surface area contributed by atoms with Gasteiger partial charge in [-0.15, -0.1) is 0 Å². The lowest BCUT2D eigenvalue weighted by molar-refractivity contribution is -0.140. The second-order valence-electron chi connectivity index (χ2n) is 6.42. The Labute approximate surface area is 167 Å². The zero-order valence-electron chi connectivity index (χ0n) is 15.5. The predicted molar refractivity (Wildman–Crippen MR) is 108 cm³/mol. The molecule has 0 saturated heterocycles. The van der Waals surface area contributed by atoms with Crippen LogP contribution in [0.1, 0.15) is 31.4 Å². The summed E-state index contributed by atoms with van der Waals surface area (Å²) in [5, 5.41) is 2.84. The number of rotatable bonds is 8. The van der Waals surface area contributed by atoms with E-state index in [1.165, 1.54) is 12.1 Å². The second kappa shape index (κ2) is 10.2. The first-order chi connectivity index (χ1) is 12.9. The summed E-state index contributed by atoms with van der Waals surface area (Å²) in [5.41, 5.74) is 1.63. The number of hydrogen-bond donors (Lipinski definition) is 1. The van der Waals surface area contributed by atoms with Crippen molar-refractivity contribution in [3.8, 4) is 0 Å². The molecular formula is C21H24BrFN2O2. The molecule has 0 unspecified atom stereocenters. The molecule has 27 heavy (non-hydrogen) atoms. The Balaban J connectivity index is 2.20. The molecule has 0 saturated carbocycles. The van der Waals surface area contributed by atoms with Gasteiger partial charge in [0, 0.05) is 17.6 Å². The highest BCUT2D eigenvalue weighted by Gasteiger charge is 2.26. The number of amides is 2. The number of nitrogens with one attached hydrogen (secondary N) is 1. The van der Waals surface area contributed by atoms with E-state index in [9.17, 15) is 14.0 Å². The topological polar surface area (TPSA) is 49.4 Å². The molecule has 1 atom stereocenters. The number of halogens is 2. The molecule has 0 spiro atoms. The summed E-state index contributed by atoms with van der Waals surface area (Å²) in [6.45, 7) is 4.59. The summed E-state index contributed by atoms with van der Waals surface area (Å²) in [5.74, 6) is -0.704. The molecule has 2 aromatic rings. The molecule has 2 rings (SSSR count). The monoisotopic (exact) mass is 434 g/mol. The minimum atomic E-state index is -0.608. The molecule has 0 radical (unpaired) electrons. The Morgan fingerprint density at radius 1 is 1.15 bits per heavy atom. The summed E-state index contributed by atoms with van der Waals surface area (Å²) < 4.78 is 14.0. The second-order valence-corrected chi connectivity index (χ2v) is 7.34. The van der Waals surface area contributed by atoms with E-state index >= 15 is 0 Å². The van der Waals surface area contributed by atoms with E-state index in [0.29, 0.717) is 18.7 Å². The van der Waals surface area contributed by atoms with Crippen LogP contribution in [0.3, 0.4) is 0 Å². The fourth-order valence-corrected chi connectivity index (χ4v) is 3.14. The van der Waals surface area contributed by atoms with Gasteiger partial charge in [-0.25, -0.2) is 4.39 Å². The summed E-state index contributed by atoms with van der Waals surface area (Å²) in [6.07, 6.45) is 0.938. The number of hydrogen-bond acceptors (Lipinski definition) is 2. The van der Waals surface area contributed by atoms with E-state index in [-0.39, 0.29) is 24.1 Å². The molecule has 0 aliphatic heterocycles. The van der Waals surface area contributed by atoms with Gasteiger partial charge in [-0.3, -0.25) is 9.59 Å². The normalized spacial score (nSPS) is 11.7. The minimum absolute atomic E-state index is 0.111. The standard InChI is InChI=1S/C21H24BrFN2O2/c1-3-11-24-21(27)15(2)25(14-17-5-4-6-18(22)12-17)20(26)13-16-7-9-19(23)10-8-16/h4-10,12,15H,3,11,13-14H2,1-2H3,(H,24,27)/t15-/m0/s1. The lowest BCUT2D eigenvalue weighted by Crippen LogP contribution is -2.48. The third-order valence-electron chi connectivity index (χ3n) is 4.23. The van der Waals surface area contributed by atoms with Gasteiger partial charge in [0.15, 0.2) is 0 Å². The van der Waals surface area contributed by atoms with Crippen molar-refractivity contribution >= 4 is 27.7 Å². The van der Waals surface area contributed by atoms with Crippen LogP contribution in [0.5, 0.6) is 0 Å². The van der Waals surface area contributed by atoms with Gasteiger partial charge < -0.3 is 10.2 Å². The van der Waals surface area contributed by atoms with Crippen molar-refractivity contribution in [2.75, 3.05) is 6.54 Å². The minimum Gasteiger partial charge on any atom is -0.354 e. The first kappa shape index (κ1) is 21.1. The summed E-state index contributed by atoms with van der Waals surface area (Å²) in [6, 6.07) is 12.9. The van der Waals surface area contributed by atoms with Gasteiger partial charge in [0.2, 0.25) is 11.8 Å². The van der Waals surface area contributed by atoms with Crippen LogP contribution >= 0.6 is 15.9 Å². The molecule has 0 aliphatic carbocycles. The molecule has 2 amide bonds. The number of carbonyl (C=O) groups is 2. The van der Waals surface area contributed by atoms with Crippen LogP contribution in [-0.4, -0.2) is 29.3 Å². The van der Waals surface area contributed by atoms with Crippen molar-refractivity contribution in [1.29, 1.82) is 0 Å². The first-order valence-electron chi connectivity index (χ1n) is 8.96. The van der Waals surface area contributed by atoms with Gasteiger partial charge in [0.1, 0.15) is 11.9 Å². The van der Waals surface area contributed by atoms with E-state index in [4.69, 9.17) is 0 Å². The highest BCUT2D eigenvalue weighted by atomic mass is 79.9. The molecule has 0 aromatic heterocycles. The van der Waals surface area contributed by atoms with Crippen LogP contribution in [0, 0.1) is 5.82 Å². The summed E-state index contributed by atoms with van der Waals surface area (Å²) in [4.78, 5) is 27.0. The van der Waals surface area contributed by atoms with Crippen LogP contribution in [0.25, 0.3) is 0 Å². The van der Waals surface area contributed by atoms with Crippen molar-refractivity contribution < 1.29 is 14.0 Å². The third kappa shape index (κ3) is 6.47. The average Bonchev–Trinajstić information content (AvgIpc) is 2.65. The quantitative estimate of drug-likeness (QED) is 0.680. The third-order valence-corrected chi connectivity index (χ3v) is 4.72. The van der Waals surface area contributed by atoms with Crippen LogP contribution in [0.4, 0.5) is 4.39 Å². The Bertz CT molecular complexity index is 780. The maximum Gasteiger partial charge on any atom is 0.242 e. The molecule has 1 N–H and O–H groups in total. The van der Waals surface area contributed by atoms with Crippen LogP contribution in [-0.2, 0) is 22.6 Å². The maximum absolute atomic E-state index is 13.1. The lowest BCUT2D eigenvalue weighted by atomic mass is 10.1. The van der Waals surface area contributed by atoms with E-state index in [1.54, 1.807) is 24.0 Å². The highest BCUT2D eigenvalue weighted by molar-refractivity contribution is 9.10. The molecule has 6 heteroatoms. The van der Waals surface area contributed by atoms with Gasteiger partial charge >= 0.3 is 0 Å². The van der Waals surface area contributed by atoms with E-state index in [0.717, 1.165) is 16.5 Å². The van der Waals surface area contributed by atoms with Crippen molar-refractivity contribution in [1.82, 2.24) is 10.2 Å². The van der Waals surface area contributed by atoms with E-state index in [2.05, 4.69) is 21.2 Å². The molecule has 4 nitrogen and oxygen atoms in total. The van der Waals surface area contributed by atoms with E-state index in [1.807, 2.05) is 31.2 Å². The molecule has 0 bridgehead atoms. The Morgan fingerprint density at radius 2 is 1.85 bits per heavy atom. The highest BCUT2D eigenvalue weighted by Crippen LogP contribution is 2.16. The summed E-state index contributed by atoms with van der Waals surface area (Å²) >= 11 is 3.43. The van der Waals surface area contributed by atoms with Gasteiger partial charge in [-0.1, -0.05) is 47.1 Å². The average molecular weight is 435 g/mol. The molecule has 144 valence electrons. The van der Waals surface area contributed by atoms with Gasteiger partial charge in [-0.05, 0) is 48.7 Å².